The van der Waals surface area contributed by atoms with Crippen LogP contribution in [0.15, 0.2) is 36.4 Å². The molecule has 2 aromatic carbocycles. The van der Waals surface area contributed by atoms with E-state index in [0.717, 1.165) is 16.9 Å². The molecule has 3 rings (SSSR count). The van der Waals surface area contributed by atoms with Gasteiger partial charge in [-0.1, -0.05) is 41.4 Å². The molecule has 126 valence electrons. The van der Waals surface area contributed by atoms with E-state index in [9.17, 15) is 4.79 Å². The lowest BCUT2D eigenvalue weighted by molar-refractivity contribution is -0.129. The van der Waals surface area contributed by atoms with Crippen molar-refractivity contribution in [3.8, 4) is 11.5 Å². The summed E-state index contributed by atoms with van der Waals surface area (Å²) in [6.45, 7) is 1.48. The highest BCUT2D eigenvalue weighted by molar-refractivity contribution is 6.42. The van der Waals surface area contributed by atoms with E-state index in [2.05, 4.69) is 0 Å². The number of amides is 1. The van der Waals surface area contributed by atoms with E-state index < -0.39 is 0 Å². The van der Waals surface area contributed by atoms with Crippen LogP contribution >= 0.6 is 23.2 Å². The molecule has 0 saturated heterocycles. The summed E-state index contributed by atoms with van der Waals surface area (Å²) in [6.07, 6.45) is 0.283. The fourth-order valence-electron chi connectivity index (χ4n) is 2.52. The third-order valence-electron chi connectivity index (χ3n) is 3.83. The molecule has 0 aromatic heterocycles. The average Bonchev–Trinajstić information content (AvgIpc) is 2.58. The van der Waals surface area contributed by atoms with E-state index >= 15 is 0 Å². The smallest absolute Gasteiger partial charge is 0.227 e. The Morgan fingerprint density at radius 2 is 1.88 bits per heavy atom. The third kappa shape index (κ3) is 3.77. The average molecular weight is 366 g/mol. The van der Waals surface area contributed by atoms with Crippen molar-refractivity contribution in [2.24, 2.45) is 0 Å². The first kappa shape index (κ1) is 16.9. The van der Waals surface area contributed by atoms with Crippen molar-refractivity contribution in [2.75, 3.05) is 20.3 Å². The SMILES string of the molecule is CN(Cc1cccc(Cl)c1Cl)C(=O)Cc1ccc2c(c1)OCCO2. The maximum atomic E-state index is 12.5. The molecule has 1 aliphatic heterocycles. The highest BCUT2D eigenvalue weighted by Gasteiger charge is 2.16. The molecular formula is C18H17Cl2NO3. The number of nitrogens with zero attached hydrogens (tertiary/aromatic N) is 1. The molecule has 4 nitrogen and oxygen atoms in total. The Bertz CT molecular complexity index is 764. The molecule has 24 heavy (non-hydrogen) atoms. The molecule has 1 heterocycles. The Labute approximate surface area is 150 Å². The third-order valence-corrected chi connectivity index (χ3v) is 4.68. The van der Waals surface area contributed by atoms with E-state index in [-0.39, 0.29) is 12.3 Å². The number of halogens is 2. The summed E-state index contributed by atoms with van der Waals surface area (Å²) < 4.78 is 11.0. The number of likely N-dealkylation sites (N-methyl/N-ethyl adjacent to an activating group) is 1. The summed E-state index contributed by atoms with van der Waals surface area (Å²) in [6, 6.07) is 11.0. The molecule has 0 radical (unpaired) electrons. The Hall–Kier alpha value is -1.91. The normalized spacial score (nSPS) is 12.8. The molecule has 1 aliphatic rings. The zero-order valence-corrected chi connectivity index (χ0v) is 14.7. The molecule has 0 saturated carbocycles. The van der Waals surface area contributed by atoms with Gasteiger partial charge < -0.3 is 14.4 Å². The van der Waals surface area contributed by atoms with Gasteiger partial charge in [0, 0.05) is 13.6 Å². The molecule has 0 spiro atoms. The van der Waals surface area contributed by atoms with Gasteiger partial charge in [0.15, 0.2) is 11.5 Å². The molecule has 0 atom stereocenters. The van der Waals surface area contributed by atoms with Crippen LogP contribution in [0.1, 0.15) is 11.1 Å². The second kappa shape index (κ2) is 7.32. The molecule has 0 aliphatic carbocycles. The Balaban J connectivity index is 1.67. The van der Waals surface area contributed by atoms with Crippen molar-refractivity contribution in [1.82, 2.24) is 4.90 Å². The van der Waals surface area contributed by atoms with Crippen molar-refractivity contribution < 1.29 is 14.3 Å². The highest BCUT2D eigenvalue weighted by atomic mass is 35.5. The van der Waals surface area contributed by atoms with Crippen LogP contribution in [0.25, 0.3) is 0 Å². The first-order chi connectivity index (χ1) is 11.5. The van der Waals surface area contributed by atoms with Crippen molar-refractivity contribution in [3.63, 3.8) is 0 Å². The number of ether oxygens (including phenoxy) is 2. The van der Waals surface area contributed by atoms with Crippen LogP contribution in [0.2, 0.25) is 10.0 Å². The van der Waals surface area contributed by atoms with E-state index in [4.69, 9.17) is 32.7 Å². The molecule has 0 unspecified atom stereocenters. The maximum Gasteiger partial charge on any atom is 0.227 e. The summed E-state index contributed by atoms with van der Waals surface area (Å²) in [5.41, 5.74) is 1.70. The minimum absolute atomic E-state index is 0.0114. The predicted molar refractivity (Wildman–Crippen MR) is 94.1 cm³/mol. The van der Waals surface area contributed by atoms with Crippen LogP contribution in [0.3, 0.4) is 0 Å². The predicted octanol–water partition coefficient (Wildman–Crippen LogP) is 3.97. The van der Waals surface area contributed by atoms with Crippen LogP contribution in [0.5, 0.6) is 11.5 Å². The van der Waals surface area contributed by atoms with Crippen molar-refractivity contribution >= 4 is 29.1 Å². The van der Waals surface area contributed by atoms with E-state index in [1.54, 1.807) is 18.0 Å². The van der Waals surface area contributed by atoms with Crippen LogP contribution in [0.4, 0.5) is 0 Å². The number of carbonyl (C=O) groups is 1. The minimum Gasteiger partial charge on any atom is -0.486 e. The molecule has 1 amide bonds. The van der Waals surface area contributed by atoms with Gasteiger partial charge >= 0.3 is 0 Å². The van der Waals surface area contributed by atoms with Crippen LogP contribution in [-0.4, -0.2) is 31.1 Å². The Kier molecular flexibility index (Phi) is 5.17. The summed E-state index contributed by atoms with van der Waals surface area (Å²) >= 11 is 12.2. The summed E-state index contributed by atoms with van der Waals surface area (Å²) in [4.78, 5) is 14.1. The van der Waals surface area contributed by atoms with Crippen molar-refractivity contribution in [3.05, 3.63) is 57.6 Å². The van der Waals surface area contributed by atoms with Gasteiger partial charge in [0.05, 0.1) is 16.5 Å². The minimum atomic E-state index is -0.0114. The molecule has 0 bridgehead atoms. The summed E-state index contributed by atoms with van der Waals surface area (Å²) in [5.74, 6) is 1.39. The first-order valence-electron chi connectivity index (χ1n) is 7.60. The quantitative estimate of drug-likeness (QED) is 0.822. The van der Waals surface area contributed by atoms with Crippen molar-refractivity contribution in [1.29, 1.82) is 0 Å². The maximum absolute atomic E-state index is 12.5. The number of hydrogen-bond donors (Lipinski definition) is 0. The zero-order valence-electron chi connectivity index (χ0n) is 13.2. The second-order valence-electron chi connectivity index (χ2n) is 5.62. The number of rotatable bonds is 4. The molecule has 0 fully saturated rings. The van der Waals surface area contributed by atoms with Crippen LogP contribution in [0, 0.1) is 0 Å². The number of fused-ring (bicyclic) bond motifs is 1. The van der Waals surface area contributed by atoms with Gasteiger partial charge in [-0.2, -0.15) is 0 Å². The van der Waals surface area contributed by atoms with E-state index in [0.29, 0.717) is 35.6 Å². The van der Waals surface area contributed by atoms with Crippen LogP contribution in [-0.2, 0) is 17.8 Å². The fourth-order valence-corrected chi connectivity index (χ4v) is 2.90. The largest absolute Gasteiger partial charge is 0.486 e. The lowest BCUT2D eigenvalue weighted by Gasteiger charge is -2.20. The van der Waals surface area contributed by atoms with Gasteiger partial charge in [0.2, 0.25) is 5.91 Å². The highest BCUT2D eigenvalue weighted by Crippen LogP contribution is 2.31. The van der Waals surface area contributed by atoms with Crippen molar-refractivity contribution in [2.45, 2.75) is 13.0 Å². The Morgan fingerprint density at radius 3 is 2.67 bits per heavy atom. The van der Waals surface area contributed by atoms with Crippen LogP contribution < -0.4 is 9.47 Å². The standard InChI is InChI=1S/C18H17Cl2NO3/c1-21(11-13-3-2-4-14(19)18(13)20)17(22)10-12-5-6-15-16(9-12)24-8-7-23-15/h2-6,9H,7-8,10-11H2,1H3. The monoisotopic (exact) mass is 365 g/mol. The van der Waals surface area contributed by atoms with Gasteiger partial charge in [-0.15, -0.1) is 0 Å². The zero-order chi connectivity index (χ0) is 17.1. The topological polar surface area (TPSA) is 38.8 Å². The van der Waals surface area contributed by atoms with Gasteiger partial charge in [0.1, 0.15) is 13.2 Å². The van der Waals surface area contributed by atoms with Gasteiger partial charge in [0.25, 0.3) is 0 Å². The van der Waals surface area contributed by atoms with E-state index in [1.165, 1.54) is 0 Å². The number of hydrogen-bond acceptors (Lipinski definition) is 3. The first-order valence-corrected chi connectivity index (χ1v) is 8.35. The van der Waals surface area contributed by atoms with Gasteiger partial charge in [-0.05, 0) is 29.3 Å². The lowest BCUT2D eigenvalue weighted by atomic mass is 10.1. The summed E-state index contributed by atoms with van der Waals surface area (Å²) in [5, 5.41) is 0.972. The second-order valence-corrected chi connectivity index (χ2v) is 6.40. The number of carbonyl (C=O) groups excluding carboxylic acids is 1. The van der Waals surface area contributed by atoms with Gasteiger partial charge in [-0.3, -0.25) is 4.79 Å². The lowest BCUT2D eigenvalue weighted by Crippen LogP contribution is -2.28. The number of benzene rings is 2. The molecule has 6 heteroatoms. The Morgan fingerprint density at radius 1 is 1.12 bits per heavy atom. The fraction of sp³-hybridized carbons (Fsp3) is 0.278. The summed E-state index contributed by atoms with van der Waals surface area (Å²) in [7, 11) is 1.75. The molecule has 2 aromatic rings. The van der Waals surface area contributed by atoms with Gasteiger partial charge in [-0.25, -0.2) is 0 Å². The molecule has 0 N–H and O–H groups in total. The molecular weight excluding hydrogens is 349 g/mol. The van der Waals surface area contributed by atoms with E-state index in [1.807, 2.05) is 30.3 Å².